The molecule has 1 fully saturated rings. The summed E-state index contributed by atoms with van der Waals surface area (Å²) in [6, 6.07) is 12.3. The van der Waals surface area contributed by atoms with E-state index in [2.05, 4.69) is 15.4 Å². The van der Waals surface area contributed by atoms with Crippen LogP contribution >= 0.6 is 0 Å². The van der Waals surface area contributed by atoms with Crippen molar-refractivity contribution in [3.05, 3.63) is 65.1 Å². The second-order valence-electron chi connectivity index (χ2n) is 6.83. The first kappa shape index (κ1) is 17.6. The molecule has 0 bridgehead atoms. The minimum absolute atomic E-state index is 0.0896. The van der Waals surface area contributed by atoms with E-state index in [0.29, 0.717) is 12.1 Å². The highest BCUT2D eigenvalue weighted by molar-refractivity contribution is 5.93. The number of nitrogens with zero attached hydrogens (tertiary/aromatic N) is 3. The van der Waals surface area contributed by atoms with Crippen molar-refractivity contribution in [2.45, 2.75) is 44.6 Å². The van der Waals surface area contributed by atoms with Gasteiger partial charge in [0.05, 0.1) is 6.04 Å². The lowest BCUT2D eigenvalue weighted by atomic mass is 10.0. The average Bonchev–Trinajstić information content (AvgIpc) is 3.44. The number of aromatic nitrogens is 3. The average molecular weight is 370 g/mol. The predicted molar refractivity (Wildman–Crippen MR) is 96.9 cm³/mol. The lowest BCUT2D eigenvalue weighted by Gasteiger charge is -2.16. The molecule has 2 heterocycles. The summed E-state index contributed by atoms with van der Waals surface area (Å²) in [5.41, 5.74) is 1.79. The first-order valence-corrected chi connectivity index (χ1v) is 9.11. The SMILES string of the molecule is CCC(NC(=O)c1cc2nc(C3CC3)cc(C(F)F)n2n1)c1ccccc1. The fraction of sp³-hybridized carbons (Fsp3) is 0.350. The Morgan fingerprint density at radius 3 is 2.63 bits per heavy atom. The van der Waals surface area contributed by atoms with Gasteiger partial charge in [-0.15, -0.1) is 0 Å². The second kappa shape index (κ2) is 7.06. The van der Waals surface area contributed by atoms with E-state index in [4.69, 9.17) is 0 Å². The summed E-state index contributed by atoms with van der Waals surface area (Å²) in [5, 5.41) is 7.03. The van der Waals surface area contributed by atoms with E-state index >= 15 is 0 Å². The van der Waals surface area contributed by atoms with E-state index in [1.807, 2.05) is 37.3 Å². The van der Waals surface area contributed by atoms with Crippen LogP contribution in [0.5, 0.6) is 0 Å². The highest BCUT2D eigenvalue weighted by Gasteiger charge is 2.28. The maximum Gasteiger partial charge on any atom is 0.280 e. The molecule has 1 aliphatic rings. The van der Waals surface area contributed by atoms with Crippen molar-refractivity contribution in [1.29, 1.82) is 0 Å². The fourth-order valence-corrected chi connectivity index (χ4v) is 3.21. The fourth-order valence-electron chi connectivity index (χ4n) is 3.21. The van der Waals surface area contributed by atoms with Crippen molar-refractivity contribution in [3.8, 4) is 0 Å². The van der Waals surface area contributed by atoms with Gasteiger partial charge in [-0.25, -0.2) is 18.3 Å². The molecule has 5 nitrogen and oxygen atoms in total. The Morgan fingerprint density at radius 1 is 1.26 bits per heavy atom. The van der Waals surface area contributed by atoms with Crippen LogP contribution in [0, 0.1) is 0 Å². The Morgan fingerprint density at radius 2 is 2.00 bits per heavy atom. The molecule has 0 radical (unpaired) electrons. The number of hydrogen-bond acceptors (Lipinski definition) is 3. The third-order valence-electron chi connectivity index (χ3n) is 4.84. The predicted octanol–water partition coefficient (Wildman–Crippen LogP) is 4.43. The number of amides is 1. The van der Waals surface area contributed by atoms with Gasteiger partial charge in [0, 0.05) is 17.7 Å². The third kappa shape index (κ3) is 3.54. The number of alkyl halides is 2. The first-order valence-electron chi connectivity index (χ1n) is 9.11. The van der Waals surface area contributed by atoms with Crippen LogP contribution in [0.15, 0.2) is 42.5 Å². The van der Waals surface area contributed by atoms with Crippen LogP contribution in [-0.2, 0) is 0 Å². The molecule has 1 atom stereocenters. The van der Waals surface area contributed by atoms with E-state index in [9.17, 15) is 13.6 Å². The van der Waals surface area contributed by atoms with E-state index in [0.717, 1.165) is 22.9 Å². The standard InChI is InChI=1S/C20H20F2N4O/c1-2-14(12-6-4-3-5-7-12)24-20(27)16-11-18-23-15(13-8-9-13)10-17(19(21)22)26(18)25-16/h3-7,10-11,13-14,19H,2,8-9H2,1H3,(H,24,27). The maximum atomic E-state index is 13.5. The Labute approximate surface area is 155 Å². The molecule has 1 N–H and O–H groups in total. The molecule has 1 amide bonds. The number of halogens is 2. The van der Waals surface area contributed by atoms with Gasteiger partial charge in [0.15, 0.2) is 11.3 Å². The number of rotatable bonds is 6. The third-order valence-corrected chi connectivity index (χ3v) is 4.84. The smallest absolute Gasteiger partial charge is 0.280 e. The molecule has 0 saturated heterocycles. The number of fused-ring (bicyclic) bond motifs is 1. The molecule has 1 aliphatic carbocycles. The van der Waals surface area contributed by atoms with E-state index < -0.39 is 12.3 Å². The van der Waals surface area contributed by atoms with Gasteiger partial charge in [-0.3, -0.25) is 4.79 Å². The number of hydrogen-bond donors (Lipinski definition) is 1. The van der Waals surface area contributed by atoms with Gasteiger partial charge in [0.1, 0.15) is 5.69 Å². The summed E-state index contributed by atoms with van der Waals surface area (Å²) < 4.78 is 28.0. The van der Waals surface area contributed by atoms with Crippen LogP contribution in [0.25, 0.3) is 5.65 Å². The largest absolute Gasteiger partial charge is 0.344 e. The van der Waals surface area contributed by atoms with E-state index in [-0.39, 0.29) is 29.0 Å². The molecule has 4 rings (SSSR count). The normalized spacial score (nSPS) is 15.3. The zero-order valence-electron chi connectivity index (χ0n) is 14.9. The number of carbonyl (C=O) groups excluding carboxylic acids is 1. The topological polar surface area (TPSA) is 59.3 Å². The van der Waals surface area contributed by atoms with Crippen LogP contribution in [-0.4, -0.2) is 20.5 Å². The molecule has 7 heteroatoms. The van der Waals surface area contributed by atoms with Crippen molar-refractivity contribution in [2.24, 2.45) is 0 Å². The van der Waals surface area contributed by atoms with Crippen molar-refractivity contribution in [3.63, 3.8) is 0 Å². The summed E-state index contributed by atoms with van der Waals surface area (Å²) in [7, 11) is 0. The molecule has 2 aromatic heterocycles. The van der Waals surface area contributed by atoms with E-state index in [1.165, 1.54) is 12.1 Å². The zero-order valence-corrected chi connectivity index (χ0v) is 14.9. The van der Waals surface area contributed by atoms with Crippen LogP contribution in [0.2, 0.25) is 0 Å². The summed E-state index contributed by atoms with van der Waals surface area (Å²) in [5.74, 6) is -0.161. The molecule has 1 unspecified atom stereocenters. The summed E-state index contributed by atoms with van der Waals surface area (Å²) in [6.45, 7) is 1.97. The van der Waals surface area contributed by atoms with Gasteiger partial charge in [-0.05, 0) is 30.9 Å². The molecule has 0 spiro atoms. The van der Waals surface area contributed by atoms with Gasteiger partial charge in [-0.1, -0.05) is 37.3 Å². The van der Waals surface area contributed by atoms with Gasteiger partial charge >= 0.3 is 0 Å². The summed E-state index contributed by atoms with van der Waals surface area (Å²) in [6.07, 6.45) is -0.0581. The molecule has 0 aliphatic heterocycles. The van der Waals surface area contributed by atoms with Gasteiger partial charge in [0.2, 0.25) is 0 Å². The monoisotopic (exact) mass is 370 g/mol. The van der Waals surface area contributed by atoms with Crippen LogP contribution in [0.1, 0.15) is 72.0 Å². The van der Waals surface area contributed by atoms with Crippen LogP contribution in [0.3, 0.4) is 0 Å². The highest BCUT2D eigenvalue weighted by atomic mass is 19.3. The summed E-state index contributed by atoms with van der Waals surface area (Å²) >= 11 is 0. The maximum absolute atomic E-state index is 13.5. The zero-order chi connectivity index (χ0) is 19.0. The van der Waals surface area contributed by atoms with Gasteiger partial charge in [0.25, 0.3) is 12.3 Å². The molecule has 1 saturated carbocycles. The number of benzene rings is 1. The van der Waals surface area contributed by atoms with Crippen molar-refractivity contribution < 1.29 is 13.6 Å². The van der Waals surface area contributed by atoms with Crippen molar-refractivity contribution >= 4 is 11.6 Å². The van der Waals surface area contributed by atoms with E-state index in [1.54, 1.807) is 0 Å². The molecular weight excluding hydrogens is 350 g/mol. The van der Waals surface area contributed by atoms with Gasteiger partial charge < -0.3 is 5.32 Å². The van der Waals surface area contributed by atoms with Crippen LogP contribution in [0.4, 0.5) is 8.78 Å². The summed E-state index contributed by atoms with van der Waals surface area (Å²) in [4.78, 5) is 17.1. The Bertz CT molecular complexity index is 967. The second-order valence-corrected chi connectivity index (χ2v) is 6.83. The Hall–Kier alpha value is -2.83. The molecule has 3 aromatic rings. The highest BCUT2D eigenvalue weighted by Crippen LogP contribution is 2.40. The first-order chi connectivity index (χ1) is 13.1. The quantitative estimate of drug-likeness (QED) is 0.698. The molecule has 140 valence electrons. The number of carbonyl (C=O) groups is 1. The minimum Gasteiger partial charge on any atom is -0.344 e. The molecule has 1 aromatic carbocycles. The lowest BCUT2D eigenvalue weighted by molar-refractivity contribution is 0.0929. The van der Waals surface area contributed by atoms with Crippen LogP contribution < -0.4 is 5.32 Å². The Balaban J connectivity index is 1.65. The number of nitrogens with one attached hydrogen (secondary N) is 1. The molecule has 27 heavy (non-hydrogen) atoms. The van der Waals surface area contributed by atoms with Gasteiger partial charge in [-0.2, -0.15) is 5.10 Å². The lowest BCUT2D eigenvalue weighted by Crippen LogP contribution is -2.28. The molecular formula is C20H20F2N4O. The minimum atomic E-state index is -2.68. The van der Waals surface area contributed by atoms with Crippen molar-refractivity contribution in [2.75, 3.05) is 0 Å². The Kier molecular flexibility index (Phi) is 4.59. The van der Waals surface area contributed by atoms with Crippen molar-refractivity contribution in [1.82, 2.24) is 19.9 Å².